The predicted octanol–water partition coefficient (Wildman–Crippen LogP) is 3.28. The van der Waals surface area contributed by atoms with Crippen molar-refractivity contribution < 1.29 is 14.6 Å². The van der Waals surface area contributed by atoms with Crippen molar-refractivity contribution in [3.63, 3.8) is 0 Å². The molecule has 2 rings (SSSR count). The quantitative estimate of drug-likeness (QED) is 0.817. The van der Waals surface area contributed by atoms with Gasteiger partial charge in [0, 0.05) is 18.8 Å². The van der Waals surface area contributed by atoms with Gasteiger partial charge in [-0.3, -0.25) is 4.79 Å². The Bertz CT molecular complexity index is 497. The van der Waals surface area contributed by atoms with E-state index < -0.39 is 5.97 Å². The van der Waals surface area contributed by atoms with Crippen LogP contribution < -0.4 is 0 Å². The molecule has 118 valence electrons. The zero-order chi connectivity index (χ0) is 15.5. The van der Waals surface area contributed by atoms with Gasteiger partial charge in [0.05, 0.1) is 17.0 Å². The van der Waals surface area contributed by atoms with E-state index in [0.717, 1.165) is 43.1 Å². The fourth-order valence-corrected chi connectivity index (χ4v) is 3.78. The maximum atomic E-state index is 10.8. The third-order valence-electron chi connectivity index (χ3n) is 4.29. The highest BCUT2D eigenvalue weighted by Crippen LogP contribution is 2.38. The Kier molecular flexibility index (Phi) is 5.32. The van der Waals surface area contributed by atoms with Crippen molar-refractivity contribution in [2.75, 3.05) is 12.4 Å². The number of nitrogens with zero attached hydrogens (tertiary/aromatic N) is 2. The van der Waals surface area contributed by atoms with Crippen LogP contribution in [-0.2, 0) is 9.53 Å². The lowest BCUT2D eigenvalue weighted by atomic mass is 9.86. The molecule has 1 fully saturated rings. The predicted molar refractivity (Wildman–Crippen MR) is 82.9 cm³/mol. The van der Waals surface area contributed by atoms with Crippen LogP contribution in [0.3, 0.4) is 0 Å². The SMILES string of the molecule is CCC1(CC)CC(n2cc(C)nc2SCC(=O)O)CCO1. The number of thioether (sulfide) groups is 1. The number of carboxylic acids is 1. The molecule has 0 spiro atoms. The highest BCUT2D eigenvalue weighted by atomic mass is 32.2. The van der Waals surface area contributed by atoms with Gasteiger partial charge in [-0.25, -0.2) is 4.98 Å². The molecule has 0 saturated carbocycles. The van der Waals surface area contributed by atoms with Crippen LogP contribution >= 0.6 is 11.8 Å². The van der Waals surface area contributed by atoms with Crippen molar-refractivity contribution in [3.05, 3.63) is 11.9 Å². The molecule has 1 N–H and O–H groups in total. The molecule has 1 aromatic heterocycles. The molecule has 5 nitrogen and oxygen atoms in total. The summed E-state index contributed by atoms with van der Waals surface area (Å²) >= 11 is 1.30. The number of hydrogen-bond donors (Lipinski definition) is 1. The normalized spacial score (nSPS) is 21.4. The molecule has 0 bridgehead atoms. The number of aromatic nitrogens is 2. The maximum Gasteiger partial charge on any atom is 0.313 e. The maximum absolute atomic E-state index is 10.8. The van der Waals surface area contributed by atoms with Crippen molar-refractivity contribution in [3.8, 4) is 0 Å². The number of aliphatic carboxylic acids is 1. The molecule has 2 heterocycles. The Morgan fingerprint density at radius 3 is 2.90 bits per heavy atom. The Morgan fingerprint density at radius 2 is 2.29 bits per heavy atom. The summed E-state index contributed by atoms with van der Waals surface area (Å²) < 4.78 is 8.18. The van der Waals surface area contributed by atoms with Crippen LogP contribution in [0.2, 0.25) is 0 Å². The van der Waals surface area contributed by atoms with Gasteiger partial charge in [-0.1, -0.05) is 25.6 Å². The van der Waals surface area contributed by atoms with Gasteiger partial charge in [0.1, 0.15) is 0 Å². The Morgan fingerprint density at radius 1 is 1.57 bits per heavy atom. The summed E-state index contributed by atoms with van der Waals surface area (Å²) in [5, 5.41) is 9.67. The van der Waals surface area contributed by atoms with E-state index in [9.17, 15) is 4.79 Å². The van der Waals surface area contributed by atoms with Crippen LogP contribution in [0.5, 0.6) is 0 Å². The summed E-state index contributed by atoms with van der Waals surface area (Å²) in [6.07, 6.45) is 5.97. The first-order chi connectivity index (χ1) is 9.99. The summed E-state index contributed by atoms with van der Waals surface area (Å²) in [5.41, 5.74) is 0.892. The molecule has 1 atom stereocenters. The first-order valence-electron chi connectivity index (χ1n) is 7.53. The number of hydrogen-bond acceptors (Lipinski definition) is 4. The van der Waals surface area contributed by atoms with Gasteiger partial charge in [0.25, 0.3) is 0 Å². The molecule has 1 aromatic rings. The number of ether oxygens (including phenoxy) is 1. The van der Waals surface area contributed by atoms with E-state index in [1.807, 2.05) is 13.1 Å². The monoisotopic (exact) mass is 312 g/mol. The average Bonchev–Trinajstić information content (AvgIpc) is 2.86. The molecular weight excluding hydrogens is 288 g/mol. The van der Waals surface area contributed by atoms with Crippen LogP contribution in [0.1, 0.15) is 51.3 Å². The minimum atomic E-state index is -0.810. The fraction of sp³-hybridized carbons (Fsp3) is 0.733. The fourth-order valence-electron chi connectivity index (χ4n) is 2.97. The number of aryl methyl sites for hydroxylation is 1. The third kappa shape index (κ3) is 3.80. The van der Waals surface area contributed by atoms with E-state index in [2.05, 4.69) is 23.4 Å². The average molecular weight is 312 g/mol. The number of rotatable bonds is 6. The summed E-state index contributed by atoms with van der Waals surface area (Å²) in [7, 11) is 0. The smallest absolute Gasteiger partial charge is 0.313 e. The van der Waals surface area contributed by atoms with Crippen molar-refractivity contribution >= 4 is 17.7 Å². The standard InChI is InChI=1S/C15H24N2O3S/c1-4-15(5-2)8-12(6-7-20-15)17-9-11(3)16-14(17)21-10-13(18)19/h9,12H,4-8,10H2,1-3H3,(H,18,19). The van der Waals surface area contributed by atoms with E-state index >= 15 is 0 Å². The van der Waals surface area contributed by atoms with Gasteiger partial charge in [-0.05, 0) is 32.6 Å². The molecule has 1 aliphatic rings. The van der Waals surface area contributed by atoms with Crippen LogP contribution in [0.15, 0.2) is 11.4 Å². The van der Waals surface area contributed by atoms with Crippen LogP contribution in [0.4, 0.5) is 0 Å². The van der Waals surface area contributed by atoms with E-state index in [4.69, 9.17) is 9.84 Å². The molecule has 1 aliphatic heterocycles. The Labute approximate surface area is 130 Å². The molecule has 0 amide bonds. The summed E-state index contributed by atoms with van der Waals surface area (Å²) in [6, 6.07) is 0.344. The second-order valence-corrected chi connectivity index (χ2v) is 6.58. The van der Waals surface area contributed by atoms with Gasteiger partial charge in [0.2, 0.25) is 0 Å². The highest BCUT2D eigenvalue weighted by Gasteiger charge is 2.36. The van der Waals surface area contributed by atoms with Crippen LogP contribution in [0, 0.1) is 6.92 Å². The van der Waals surface area contributed by atoms with Gasteiger partial charge >= 0.3 is 5.97 Å². The molecule has 21 heavy (non-hydrogen) atoms. The molecule has 1 unspecified atom stereocenters. The molecule has 6 heteroatoms. The highest BCUT2D eigenvalue weighted by molar-refractivity contribution is 7.99. The lowest BCUT2D eigenvalue weighted by Crippen LogP contribution is -2.39. The second-order valence-electron chi connectivity index (χ2n) is 5.64. The van der Waals surface area contributed by atoms with E-state index in [1.165, 1.54) is 11.8 Å². The van der Waals surface area contributed by atoms with Crippen molar-refractivity contribution in [2.45, 2.75) is 63.3 Å². The lowest BCUT2D eigenvalue weighted by molar-refractivity contribution is -0.133. The zero-order valence-corrected chi connectivity index (χ0v) is 13.8. The Balaban J connectivity index is 2.18. The first kappa shape index (κ1) is 16.4. The van der Waals surface area contributed by atoms with E-state index in [-0.39, 0.29) is 11.4 Å². The molecule has 0 aromatic carbocycles. The van der Waals surface area contributed by atoms with E-state index in [1.54, 1.807) is 0 Å². The van der Waals surface area contributed by atoms with Crippen molar-refractivity contribution in [1.82, 2.24) is 9.55 Å². The van der Waals surface area contributed by atoms with Gasteiger partial charge < -0.3 is 14.4 Å². The van der Waals surface area contributed by atoms with Crippen LogP contribution in [-0.4, -0.2) is 38.6 Å². The number of carboxylic acid groups (broad SMARTS) is 1. The molecular formula is C15H24N2O3S. The van der Waals surface area contributed by atoms with Crippen molar-refractivity contribution in [2.24, 2.45) is 0 Å². The summed E-state index contributed by atoms with van der Waals surface area (Å²) in [6.45, 7) is 7.05. The summed E-state index contributed by atoms with van der Waals surface area (Å²) in [5.74, 6) is -0.762. The van der Waals surface area contributed by atoms with E-state index in [0.29, 0.717) is 6.04 Å². The minimum absolute atomic E-state index is 0.0458. The number of imidazole rings is 1. The molecule has 0 aliphatic carbocycles. The zero-order valence-electron chi connectivity index (χ0n) is 13.0. The van der Waals surface area contributed by atoms with Crippen LogP contribution in [0.25, 0.3) is 0 Å². The van der Waals surface area contributed by atoms with Gasteiger partial charge in [0.15, 0.2) is 5.16 Å². The largest absolute Gasteiger partial charge is 0.481 e. The first-order valence-corrected chi connectivity index (χ1v) is 8.52. The number of carbonyl (C=O) groups is 1. The topological polar surface area (TPSA) is 64.4 Å². The van der Waals surface area contributed by atoms with Crippen molar-refractivity contribution in [1.29, 1.82) is 0 Å². The molecule has 1 saturated heterocycles. The lowest BCUT2D eigenvalue weighted by Gasteiger charge is -2.40. The van der Waals surface area contributed by atoms with Gasteiger partial charge in [-0.2, -0.15) is 0 Å². The van der Waals surface area contributed by atoms with Gasteiger partial charge in [-0.15, -0.1) is 0 Å². The third-order valence-corrected chi connectivity index (χ3v) is 5.24. The summed E-state index contributed by atoms with van der Waals surface area (Å²) in [4.78, 5) is 15.3. The minimum Gasteiger partial charge on any atom is -0.481 e. The molecule has 0 radical (unpaired) electrons. The second kappa shape index (κ2) is 6.83. The Hall–Kier alpha value is -1.01.